The van der Waals surface area contributed by atoms with E-state index in [4.69, 9.17) is 16.0 Å². The van der Waals surface area contributed by atoms with Gasteiger partial charge >= 0.3 is 0 Å². The van der Waals surface area contributed by atoms with Gasteiger partial charge < -0.3 is 14.4 Å². The molecule has 5 rings (SSSR count). The van der Waals surface area contributed by atoms with Crippen LogP contribution in [0.5, 0.6) is 0 Å². The number of amides is 1. The van der Waals surface area contributed by atoms with Gasteiger partial charge in [0, 0.05) is 5.02 Å². The zero-order valence-electron chi connectivity index (χ0n) is 16.4. The van der Waals surface area contributed by atoms with Crippen molar-refractivity contribution >= 4 is 28.5 Å². The quantitative estimate of drug-likeness (QED) is 0.507. The van der Waals surface area contributed by atoms with Crippen LogP contribution in [0.3, 0.4) is 0 Å². The van der Waals surface area contributed by atoms with E-state index in [-0.39, 0.29) is 23.3 Å². The van der Waals surface area contributed by atoms with Crippen LogP contribution in [-0.4, -0.2) is 22.5 Å². The maximum Gasteiger partial charge on any atom is 0.291 e. The summed E-state index contributed by atoms with van der Waals surface area (Å²) in [6.07, 6.45) is -0.925. The Morgan fingerprint density at radius 3 is 2.48 bits per heavy atom. The molecule has 1 amide bonds. The molecule has 154 valence electrons. The standard InChI is InChI=1S/C25H18ClNO4/c26-17-10-6-9-16(13-17)22-21-23(29)18-11-4-5-12-20(18)31-24(21)25(30)27(22)14-19(28)15-7-2-1-3-8-15/h1-13,19,22,28H,14H2/t19-,22+/m1/s1. The number of para-hydroxylation sites is 1. The van der Waals surface area contributed by atoms with E-state index in [9.17, 15) is 14.7 Å². The fraction of sp³-hybridized carbons (Fsp3) is 0.120. The molecule has 1 aliphatic rings. The monoisotopic (exact) mass is 431 g/mol. The molecule has 1 N–H and O–H groups in total. The summed E-state index contributed by atoms with van der Waals surface area (Å²) >= 11 is 6.22. The highest BCUT2D eigenvalue weighted by Crippen LogP contribution is 2.39. The number of carbonyl (C=O) groups is 1. The normalized spacial score (nSPS) is 16.5. The van der Waals surface area contributed by atoms with Crippen LogP contribution in [0.1, 0.15) is 39.4 Å². The minimum atomic E-state index is -0.925. The van der Waals surface area contributed by atoms with Crippen LogP contribution < -0.4 is 5.43 Å². The van der Waals surface area contributed by atoms with E-state index in [0.29, 0.717) is 27.1 Å². The smallest absolute Gasteiger partial charge is 0.291 e. The summed E-state index contributed by atoms with van der Waals surface area (Å²) in [5, 5.41) is 11.7. The van der Waals surface area contributed by atoms with Gasteiger partial charge in [0.15, 0.2) is 5.43 Å². The molecule has 2 heterocycles. The first kappa shape index (κ1) is 19.5. The number of carbonyl (C=O) groups excluding carboxylic acids is 1. The van der Waals surface area contributed by atoms with E-state index in [1.807, 2.05) is 24.3 Å². The minimum Gasteiger partial charge on any atom is -0.450 e. The Balaban J connectivity index is 1.68. The van der Waals surface area contributed by atoms with Crippen LogP contribution in [0, 0.1) is 0 Å². The van der Waals surface area contributed by atoms with E-state index in [1.54, 1.807) is 54.6 Å². The molecule has 1 aromatic heterocycles. The molecule has 0 unspecified atom stereocenters. The molecule has 0 saturated heterocycles. The van der Waals surface area contributed by atoms with Gasteiger partial charge in [-0.05, 0) is 35.4 Å². The predicted molar refractivity (Wildman–Crippen MR) is 118 cm³/mol. The SMILES string of the molecule is O=C1c2oc3ccccc3c(=O)c2[C@H](c2cccc(Cl)c2)N1C[C@@H](O)c1ccccc1. The molecule has 6 heteroatoms. The molecule has 1 aliphatic heterocycles. The van der Waals surface area contributed by atoms with Crippen molar-refractivity contribution in [3.05, 3.63) is 117 Å². The second kappa shape index (κ2) is 7.69. The number of halogens is 1. The molecule has 0 bridgehead atoms. The van der Waals surface area contributed by atoms with Gasteiger partial charge in [0.25, 0.3) is 5.91 Å². The van der Waals surface area contributed by atoms with E-state index in [0.717, 1.165) is 0 Å². The topological polar surface area (TPSA) is 70.8 Å². The third-order valence-corrected chi connectivity index (χ3v) is 5.83. The Labute approximate surface area is 183 Å². The van der Waals surface area contributed by atoms with Gasteiger partial charge in [-0.2, -0.15) is 0 Å². The second-order valence-corrected chi connectivity index (χ2v) is 7.95. The number of benzene rings is 3. The fourth-order valence-electron chi connectivity index (χ4n) is 4.15. The number of fused-ring (bicyclic) bond motifs is 2. The highest BCUT2D eigenvalue weighted by Gasteiger charge is 2.43. The van der Waals surface area contributed by atoms with Crippen LogP contribution in [0.2, 0.25) is 5.02 Å². The lowest BCUT2D eigenvalue weighted by atomic mass is 9.98. The average molecular weight is 432 g/mol. The second-order valence-electron chi connectivity index (χ2n) is 7.51. The zero-order chi connectivity index (χ0) is 21.5. The van der Waals surface area contributed by atoms with E-state index in [1.165, 1.54) is 4.90 Å². The summed E-state index contributed by atoms with van der Waals surface area (Å²) in [6.45, 7) is 0.0000118. The largest absolute Gasteiger partial charge is 0.450 e. The Kier molecular flexibility index (Phi) is 4.85. The molecule has 4 aromatic rings. The Bertz CT molecular complexity index is 1350. The molecule has 5 nitrogen and oxygen atoms in total. The van der Waals surface area contributed by atoms with Crippen molar-refractivity contribution < 1.29 is 14.3 Å². The van der Waals surface area contributed by atoms with Crippen LogP contribution in [0.4, 0.5) is 0 Å². The Hall–Kier alpha value is -3.41. The van der Waals surface area contributed by atoms with Crippen molar-refractivity contribution in [2.45, 2.75) is 12.1 Å². The van der Waals surface area contributed by atoms with Gasteiger partial charge in [-0.1, -0.05) is 66.2 Å². The van der Waals surface area contributed by atoms with E-state index < -0.39 is 18.1 Å². The van der Waals surface area contributed by atoms with E-state index in [2.05, 4.69) is 0 Å². The lowest BCUT2D eigenvalue weighted by Crippen LogP contribution is -2.33. The van der Waals surface area contributed by atoms with Gasteiger partial charge in [-0.15, -0.1) is 0 Å². The lowest BCUT2D eigenvalue weighted by molar-refractivity contribution is 0.0583. The number of aliphatic hydroxyl groups excluding tert-OH is 1. The van der Waals surface area contributed by atoms with Crippen LogP contribution in [0.15, 0.2) is 88.1 Å². The number of nitrogens with zero attached hydrogens (tertiary/aromatic N) is 1. The summed E-state index contributed by atoms with van der Waals surface area (Å²) in [5.41, 5.74) is 1.73. The molecule has 0 aliphatic carbocycles. The average Bonchev–Trinajstić information content (AvgIpc) is 3.06. The van der Waals surface area contributed by atoms with Crippen LogP contribution in [-0.2, 0) is 0 Å². The first-order chi connectivity index (χ1) is 15.0. The van der Waals surface area contributed by atoms with Crippen molar-refractivity contribution in [3.63, 3.8) is 0 Å². The summed E-state index contributed by atoms with van der Waals surface area (Å²) in [7, 11) is 0. The highest BCUT2D eigenvalue weighted by atomic mass is 35.5. The number of aliphatic hydroxyl groups is 1. The van der Waals surface area contributed by atoms with Crippen LogP contribution in [0.25, 0.3) is 11.0 Å². The zero-order valence-corrected chi connectivity index (χ0v) is 17.1. The first-order valence-electron chi connectivity index (χ1n) is 9.90. The van der Waals surface area contributed by atoms with E-state index >= 15 is 0 Å². The molecule has 0 spiro atoms. The number of β-amino-alcohol motifs (C(OH)–C–C–N with tert-alkyl or cyclic N) is 1. The van der Waals surface area contributed by atoms with Crippen molar-refractivity contribution in [1.82, 2.24) is 4.90 Å². The summed E-state index contributed by atoms with van der Waals surface area (Å²) in [5.74, 6) is -0.424. The highest BCUT2D eigenvalue weighted by molar-refractivity contribution is 6.30. The third-order valence-electron chi connectivity index (χ3n) is 5.59. The molecule has 0 radical (unpaired) electrons. The maximum atomic E-state index is 13.4. The van der Waals surface area contributed by atoms with Gasteiger partial charge in [0.1, 0.15) is 5.58 Å². The van der Waals surface area contributed by atoms with Crippen molar-refractivity contribution in [1.29, 1.82) is 0 Å². The molecule has 0 fully saturated rings. The van der Waals surface area contributed by atoms with Gasteiger partial charge in [0.2, 0.25) is 5.76 Å². The summed E-state index contributed by atoms with van der Waals surface area (Å²) < 4.78 is 5.89. The van der Waals surface area contributed by atoms with Crippen molar-refractivity contribution in [2.75, 3.05) is 6.54 Å². The molecule has 31 heavy (non-hydrogen) atoms. The van der Waals surface area contributed by atoms with Gasteiger partial charge in [-0.3, -0.25) is 9.59 Å². The third kappa shape index (κ3) is 3.32. The number of hydrogen-bond donors (Lipinski definition) is 1. The molecule has 0 saturated carbocycles. The lowest BCUT2D eigenvalue weighted by Gasteiger charge is -2.27. The number of rotatable bonds is 4. The van der Waals surface area contributed by atoms with Crippen molar-refractivity contribution in [3.8, 4) is 0 Å². The van der Waals surface area contributed by atoms with Gasteiger partial charge in [0.05, 0.1) is 29.6 Å². The molecule has 2 atom stereocenters. The summed E-state index contributed by atoms with van der Waals surface area (Å²) in [4.78, 5) is 28.3. The Morgan fingerprint density at radius 1 is 0.968 bits per heavy atom. The van der Waals surface area contributed by atoms with Crippen molar-refractivity contribution in [2.24, 2.45) is 0 Å². The molecular formula is C25H18ClNO4. The molecule has 3 aromatic carbocycles. The molecular weight excluding hydrogens is 414 g/mol. The Morgan fingerprint density at radius 2 is 1.71 bits per heavy atom. The maximum absolute atomic E-state index is 13.4. The first-order valence-corrected chi connectivity index (χ1v) is 10.3. The van der Waals surface area contributed by atoms with Gasteiger partial charge in [-0.25, -0.2) is 0 Å². The predicted octanol–water partition coefficient (Wildman–Crippen LogP) is 4.73. The summed E-state index contributed by atoms with van der Waals surface area (Å²) in [6, 6.07) is 22.3. The number of hydrogen-bond acceptors (Lipinski definition) is 4. The van der Waals surface area contributed by atoms with Crippen LogP contribution >= 0.6 is 11.6 Å². The fourth-order valence-corrected chi connectivity index (χ4v) is 4.34. The minimum absolute atomic E-state index is 0.0000118.